The number of aromatic nitrogens is 3. The van der Waals surface area contributed by atoms with E-state index in [4.69, 9.17) is 31.1 Å². The van der Waals surface area contributed by atoms with Gasteiger partial charge < -0.3 is 14.4 Å². The summed E-state index contributed by atoms with van der Waals surface area (Å²) in [4.78, 5) is 16.3. The van der Waals surface area contributed by atoms with Crippen molar-refractivity contribution in [1.82, 2.24) is 14.8 Å². The number of aliphatic imine (C=N–C) groups is 1. The lowest BCUT2D eigenvalue weighted by molar-refractivity contribution is 0.304. The minimum Gasteiger partial charge on any atom is -0.496 e. The van der Waals surface area contributed by atoms with Gasteiger partial charge in [0, 0.05) is 18.8 Å². The van der Waals surface area contributed by atoms with Gasteiger partial charge in [0.2, 0.25) is 0 Å². The molecular weight excluding hydrogens is 598 g/mol. The van der Waals surface area contributed by atoms with Crippen LogP contribution in [-0.2, 0) is 10.8 Å². The summed E-state index contributed by atoms with van der Waals surface area (Å²) < 4.78 is 13.4. The maximum absolute atomic E-state index is 10.2. The first-order chi connectivity index (χ1) is 23.0. The number of ether oxygens (including phenoxy) is 2. The van der Waals surface area contributed by atoms with E-state index in [1.807, 2.05) is 18.2 Å². The Kier molecular flexibility index (Phi) is 9.09. The molecule has 0 bridgehead atoms. The highest BCUT2D eigenvalue weighted by Gasteiger charge is 2.42. The smallest absolute Gasteiger partial charge is 0.251 e. The van der Waals surface area contributed by atoms with Crippen LogP contribution in [0.3, 0.4) is 0 Å². The maximum Gasteiger partial charge on any atom is 0.251 e. The molecule has 2 aromatic carbocycles. The Morgan fingerprint density at radius 2 is 1.77 bits per heavy atom. The molecule has 0 unspecified atom stereocenters. The quantitative estimate of drug-likeness (QED) is 0.153. The molecule has 9 heteroatoms. The highest BCUT2D eigenvalue weighted by atomic mass is 16.5. The normalized spacial score (nSPS) is 17.9. The molecule has 0 N–H and O–H groups in total. The van der Waals surface area contributed by atoms with E-state index in [1.165, 1.54) is 42.5 Å². The first-order valence-corrected chi connectivity index (χ1v) is 17.4. The van der Waals surface area contributed by atoms with E-state index in [0.717, 1.165) is 50.0 Å². The lowest BCUT2D eigenvalue weighted by atomic mass is 9.68. The van der Waals surface area contributed by atoms with E-state index in [9.17, 15) is 5.26 Å². The number of allylic oxidation sites excluding steroid dienone is 2. The van der Waals surface area contributed by atoms with Crippen LogP contribution >= 0.6 is 0 Å². The molecule has 250 valence electrons. The van der Waals surface area contributed by atoms with Crippen molar-refractivity contribution < 1.29 is 9.47 Å². The predicted molar refractivity (Wildman–Crippen MR) is 191 cm³/mol. The number of hydrogen-bond donors (Lipinski definition) is 0. The second-order valence-corrected chi connectivity index (χ2v) is 14.6. The third kappa shape index (κ3) is 5.85. The second-order valence-electron chi connectivity index (χ2n) is 14.6. The van der Waals surface area contributed by atoms with E-state index in [2.05, 4.69) is 63.4 Å². The van der Waals surface area contributed by atoms with E-state index in [-0.39, 0.29) is 22.1 Å². The molecule has 3 aliphatic rings. The SMILES string of the molecule is [C-]#[N+]C1=C(C#N)c2nc(-c3cc(OCCCCCCCC)ccc3OC)nn2C1=Nc1cc2c3c(c1C)C(C)(C)CCN3CCC2(C)C. The molecule has 1 aromatic heterocycles. The number of hydrogen-bond acceptors (Lipinski definition) is 7. The molecule has 0 fully saturated rings. The number of benzene rings is 2. The van der Waals surface area contributed by atoms with Crippen molar-refractivity contribution in [2.75, 3.05) is 31.7 Å². The van der Waals surface area contributed by atoms with Gasteiger partial charge in [-0.2, -0.15) is 5.26 Å². The number of unbranched alkanes of at least 4 members (excludes halogenated alkanes) is 5. The van der Waals surface area contributed by atoms with Gasteiger partial charge in [-0.05, 0) is 78.0 Å². The van der Waals surface area contributed by atoms with Gasteiger partial charge in [0.15, 0.2) is 17.5 Å². The number of nitrogens with zero attached hydrogens (tertiary/aromatic N) is 7. The number of methoxy groups -OCH3 is 1. The summed E-state index contributed by atoms with van der Waals surface area (Å²) in [6, 6.07) is 10.1. The highest BCUT2D eigenvalue weighted by molar-refractivity contribution is 6.15. The molecule has 0 saturated carbocycles. The van der Waals surface area contributed by atoms with Crippen molar-refractivity contribution in [2.24, 2.45) is 4.99 Å². The third-order valence-electron chi connectivity index (χ3n) is 10.4. The lowest BCUT2D eigenvalue weighted by Gasteiger charge is -2.49. The van der Waals surface area contributed by atoms with Crippen LogP contribution in [0.4, 0.5) is 11.4 Å². The van der Waals surface area contributed by atoms with Crippen molar-refractivity contribution in [2.45, 2.75) is 104 Å². The molecule has 0 spiro atoms. The van der Waals surface area contributed by atoms with E-state index < -0.39 is 0 Å². The van der Waals surface area contributed by atoms with Crippen molar-refractivity contribution in [3.8, 4) is 29.0 Å². The minimum absolute atomic E-state index is 0.0210. The minimum atomic E-state index is -0.0233. The second kappa shape index (κ2) is 13.1. The van der Waals surface area contributed by atoms with Crippen LogP contribution in [0.25, 0.3) is 21.8 Å². The number of fused-ring (bicyclic) bond motifs is 1. The van der Waals surface area contributed by atoms with Crippen molar-refractivity contribution in [1.29, 1.82) is 5.26 Å². The van der Waals surface area contributed by atoms with Gasteiger partial charge in [-0.15, -0.1) is 5.10 Å². The number of anilines is 1. The van der Waals surface area contributed by atoms with Gasteiger partial charge in [0.05, 0.1) is 37.6 Å². The summed E-state index contributed by atoms with van der Waals surface area (Å²) in [6.45, 7) is 24.4. The van der Waals surface area contributed by atoms with Gasteiger partial charge in [-0.1, -0.05) is 66.7 Å². The standard InChI is InChI=1S/C39H47N7O2/c1-9-10-11-12-13-14-21-48-26-15-16-31(47-8)27(22-26)35-43-36-28(24-40)33(41-7)37(46(36)44-35)42-30-23-29-34-32(25(30)2)39(5,6)18-20-45(34)19-17-38(29,3)4/h15-16,22-23H,9-14,17-21H2,1-6,8H3. The summed E-state index contributed by atoms with van der Waals surface area (Å²) in [7, 11) is 1.61. The van der Waals surface area contributed by atoms with Gasteiger partial charge in [0.1, 0.15) is 17.1 Å². The Labute approximate surface area is 285 Å². The number of rotatable bonds is 11. The summed E-state index contributed by atoms with van der Waals surface area (Å²) >= 11 is 0. The molecule has 3 aromatic rings. The van der Waals surface area contributed by atoms with E-state index in [0.29, 0.717) is 41.2 Å². The Morgan fingerprint density at radius 3 is 2.48 bits per heavy atom. The van der Waals surface area contributed by atoms with Crippen molar-refractivity contribution in [3.63, 3.8) is 0 Å². The average molecular weight is 646 g/mol. The van der Waals surface area contributed by atoms with Crippen LogP contribution in [0.15, 0.2) is 35.0 Å². The zero-order valence-electron chi connectivity index (χ0n) is 29.5. The Morgan fingerprint density at radius 1 is 1.04 bits per heavy atom. The molecule has 9 nitrogen and oxygen atoms in total. The zero-order valence-corrected chi connectivity index (χ0v) is 29.5. The molecule has 0 amide bonds. The van der Waals surface area contributed by atoms with Crippen molar-refractivity contribution in [3.05, 3.63) is 63.9 Å². The summed E-state index contributed by atoms with van der Waals surface area (Å²) in [5, 5.41) is 15.1. The highest BCUT2D eigenvalue weighted by Crippen LogP contribution is 2.52. The van der Waals surface area contributed by atoms with Crippen LogP contribution in [-0.4, -0.2) is 47.4 Å². The Hall–Kier alpha value is -4.63. The fraction of sp³-hybridized carbons (Fsp3) is 0.513. The fourth-order valence-corrected chi connectivity index (χ4v) is 7.47. The summed E-state index contributed by atoms with van der Waals surface area (Å²) in [6.07, 6.45) is 9.26. The average Bonchev–Trinajstić information content (AvgIpc) is 3.61. The molecule has 0 radical (unpaired) electrons. The third-order valence-corrected chi connectivity index (χ3v) is 10.4. The molecule has 0 aliphatic carbocycles. The first-order valence-electron chi connectivity index (χ1n) is 17.4. The molecule has 48 heavy (non-hydrogen) atoms. The topological polar surface area (TPSA) is 92.9 Å². The van der Waals surface area contributed by atoms with Crippen LogP contribution < -0.4 is 14.4 Å². The van der Waals surface area contributed by atoms with Gasteiger partial charge in [-0.25, -0.2) is 19.5 Å². The first kappa shape index (κ1) is 33.3. The predicted octanol–water partition coefficient (Wildman–Crippen LogP) is 8.92. The Bertz CT molecular complexity index is 1880. The van der Waals surface area contributed by atoms with E-state index in [1.54, 1.807) is 11.8 Å². The molecule has 0 atom stereocenters. The van der Waals surface area contributed by atoms with Crippen LogP contribution in [0, 0.1) is 24.8 Å². The lowest BCUT2D eigenvalue weighted by Crippen LogP contribution is -2.45. The van der Waals surface area contributed by atoms with Gasteiger partial charge in [0.25, 0.3) is 5.70 Å². The van der Waals surface area contributed by atoms with Crippen LogP contribution in [0.2, 0.25) is 0 Å². The molecule has 6 rings (SSSR count). The van der Waals surface area contributed by atoms with E-state index >= 15 is 0 Å². The summed E-state index contributed by atoms with van der Waals surface area (Å²) in [5.41, 5.74) is 6.80. The Balaban J connectivity index is 1.41. The molecule has 4 heterocycles. The largest absolute Gasteiger partial charge is 0.496 e. The molecule has 3 aliphatic heterocycles. The van der Waals surface area contributed by atoms with Gasteiger partial charge >= 0.3 is 0 Å². The van der Waals surface area contributed by atoms with Crippen LogP contribution in [0.5, 0.6) is 11.5 Å². The summed E-state index contributed by atoms with van der Waals surface area (Å²) in [5.74, 6) is 2.31. The maximum atomic E-state index is 10.2. The van der Waals surface area contributed by atoms with Gasteiger partial charge in [-0.3, -0.25) is 0 Å². The van der Waals surface area contributed by atoms with Crippen molar-refractivity contribution >= 4 is 22.8 Å². The fourth-order valence-electron chi connectivity index (χ4n) is 7.47. The monoisotopic (exact) mass is 645 g/mol. The molecular formula is C39H47N7O2. The zero-order chi connectivity index (χ0) is 34.2. The number of nitriles is 1. The van der Waals surface area contributed by atoms with Crippen LogP contribution in [0.1, 0.15) is 109 Å². The molecule has 0 saturated heterocycles.